The summed E-state index contributed by atoms with van der Waals surface area (Å²) in [6, 6.07) is 6.86. The van der Waals surface area contributed by atoms with E-state index in [-0.39, 0.29) is 18.2 Å². The van der Waals surface area contributed by atoms with E-state index in [1.54, 1.807) is 7.11 Å². The quantitative estimate of drug-likeness (QED) is 0.736. The van der Waals surface area contributed by atoms with Gasteiger partial charge in [0.1, 0.15) is 11.9 Å². The molecule has 0 saturated carbocycles. The molecule has 0 unspecified atom stereocenters. The van der Waals surface area contributed by atoms with E-state index in [0.717, 1.165) is 11.3 Å². The van der Waals surface area contributed by atoms with Crippen LogP contribution in [0.2, 0.25) is 0 Å². The molecule has 1 aromatic rings. The number of hydrogen-bond acceptors (Lipinski definition) is 5. The third kappa shape index (κ3) is 1.63. The zero-order valence-electron chi connectivity index (χ0n) is 10.1. The lowest BCUT2D eigenvalue weighted by atomic mass is 10.1. The van der Waals surface area contributed by atoms with Crippen molar-refractivity contribution in [3.63, 3.8) is 0 Å². The van der Waals surface area contributed by atoms with Crippen molar-refractivity contribution in [1.29, 1.82) is 0 Å². The van der Waals surface area contributed by atoms with Gasteiger partial charge in [0.25, 0.3) is 0 Å². The summed E-state index contributed by atoms with van der Waals surface area (Å²) in [5.41, 5.74) is 0.838. The molecule has 3 atom stereocenters. The average Bonchev–Trinajstić information content (AvgIpc) is 2.93. The summed E-state index contributed by atoms with van der Waals surface area (Å²) in [6.07, 6.45) is -0.545. The van der Waals surface area contributed by atoms with Gasteiger partial charge in [-0.15, -0.1) is 0 Å². The van der Waals surface area contributed by atoms with Crippen LogP contribution in [0.3, 0.4) is 0 Å². The minimum Gasteiger partial charge on any atom is -0.497 e. The fourth-order valence-electron chi connectivity index (χ4n) is 2.16. The van der Waals surface area contributed by atoms with Crippen molar-refractivity contribution in [3.8, 4) is 5.75 Å². The van der Waals surface area contributed by atoms with Gasteiger partial charge in [-0.05, 0) is 31.2 Å². The van der Waals surface area contributed by atoms with Crippen LogP contribution >= 0.6 is 0 Å². The summed E-state index contributed by atoms with van der Waals surface area (Å²) in [7, 11) is 1.61. The first-order valence-corrected chi connectivity index (χ1v) is 5.78. The SMILES string of the molecule is COc1ccc(C2=N[C@H]3C(=O)O[C@@H](C)[C@H]3O2)cc1. The number of rotatable bonds is 2. The molecule has 0 aliphatic carbocycles. The first kappa shape index (κ1) is 11.1. The summed E-state index contributed by atoms with van der Waals surface area (Å²) in [6.45, 7) is 1.81. The van der Waals surface area contributed by atoms with Crippen molar-refractivity contribution >= 4 is 11.9 Å². The molecule has 2 heterocycles. The largest absolute Gasteiger partial charge is 0.497 e. The van der Waals surface area contributed by atoms with Crippen LogP contribution in [-0.2, 0) is 14.3 Å². The molecule has 5 nitrogen and oxygen atoms in total. The highest BCUT2D eigenvalue weighted by Gasteiger charge is 2.48. The Morgan fingerprint density at radius 3 is 2.56 bits per heavy atom. The number of hydrogen-bond donors (Lipinski definition) is 0. The zero-order chi connectivity index (χ0) is 12.7. The highest BCUT2D eigenvalue weighted by molar-refractivity contribution is 5.98. The second-order valence-electron chi connectivity index (χ2n) is 4.33. The standard InChI is InChI=1S/C13H13NO4/c1-7-11-10(13(15)17-7)14-12(18-11)8-3-5-9(16-2)6-4-8/h3-7,10-11H,1-2H3/t7-,10+,11+/m0/s1. The molecule has 1 saturated heterocycles. The van der Waals surface area contributed by atoms with Crippen molar-refractivity contribution in [2.45, 2.75) is 25.2 Å². The number of methoxy groups -OCH3 is 1. The van der Waals surface area contributed by atoms with E-state index in [2.05, 4.69) is 4.99 Å². The minimum atomic E-state index is -0.517. The number of ether oxygens (including phenoxy) is 3. The fraction of sp³-hybridized carbons (Fsp3) is 0.385. The molecular weight excluding hydrogens is 234 g/mol. The first-order valence-electron chi connectivity index (χ1n) is 5.78. The fourth-order valence-corrected chi connectivity index (χ4v) is 2.16. The molecule has 0 spiro atoms. The first-order chi connectivity index (χ1) is 8.69. The highest BCUT2D eigenvalue weighted by atomic mass is 16.6. The summed E-state index contributed by atoms with van der Waals surface area (Å²) in [5, 5.41) is 0. The topological polar surface area (TPSA) is 57.1 Å². The Kier molecular flexibility index (Phi) is 2.47. The monoisotopic (exact) mass is 247 g/mol. The van der Waals surface area contributed by atoms with Crippen molar-refractivity contribution in [2.24, 2.45) is 4.99 Å². The molecule has 94 valence electrons. The lowest BCUT2D eigenvalue weighted by Crippen LogP contribution is -2.26. The summed E-state index contributed by atoms with van der Waals surface area (Å²) in [4.78, 5) is 15.8. The van der Waals surface area contributed by atoms with Crippen molar-refractivity contribution in [1.82, 2.24) is 0 Å². The van der Waals surface area contributed by atoms with E-state index in [1.807, 2.05) is 31.2 Å². The molecule has 2 aliphatic heterocycles. The Balaban J connectivity index is 1.86. The second kappa shape index (κ2) is 4.01. The van der Waals surface area contributed by atoms with Crippen molar-refractivity contribution in [3.05, 3.63) is 29.8 Å². The molecule has 18 heavy (non-hydrogen) atoms. The van der Waals surface area contributed by atoms with E-state index in [9.17, 15) is 4.79 Å². The number of benzene rings is 1. The lowest BCUT2D eigenvalue weighted by molar-refractivity contribution is -0.142. The molecule has 3 rings (SSSR count). The number of nitrogens with zero attached hydrogens (tertiary/aromatic N) is 1. The number of carbonyl (C=O) groups excluding carboxylic acids is 1. The van der Waals surface area contributed by atoms with Crippen LogP contribution in [0.1, 0.15) is 12.5 Å². The van der Waals surface area contributed by atoms with Crippen LogP contribution in [0.5, 0.6) is 5.75 Å². The van der Waals surface area contributed by atoms with Gasteiger partial charge < -0.3 is 14.2 Å². The van der Waals surface area contributed by atoms with Gasteiger partial charge in [-0.25, -0.2) is 9.79 Å². The van der Waals surface area contributed by atoms with E-state index in [4.69, 9.17) is 14.2 Å². The smallest absolute Gasteiger partial charge is 0.335 e. The maximum atomic E-state index is 11.5. The second-order valence-corrected chi connectivity index (χ2v) is 4.33. The van der Waals surface area contributed by atoms with Crippen LogP contribution in [-0.4, -0.2) is 37.2 Å². The number of carbonyl (C=O) groups is 1. The Bertz CT molecular complexity index is 508. The van der Waals surface area contributed by atoms with Crippen molar-refractivity contribution in [2.75, 3.05) is 7.11 Å². The molecular formula is C13H13NO4. The van der Waals surface area contributed by atoms with Crippen LogP contribution < -0.4 is 4.74 Å². The number of esters is 1. The molecule has 0 bridgehead atoms. The minimum absolute atomic E-state index is 0.248. The maximum absolute atomic E-state index is 11.5. The van der Waals surface area contributed by atoms with Gasteiger partial charge in [-0.1, -0.05) is 0 Å². The molecule has 0 aromatic heterocycles. The van der Waals surface area contributed by atoms with Crippen LogP contribution in [0.15, 0.2) is 29.3 Å². The number of aliphatic imine (C=N–C) groups is 1. The summed E-state index contributed by atoms with van der Waals surface area (Å²) in [5.74, 6) is 0.956. The van der Waals surface area contributed by atoms with E-state index < -0.39 is 6.04 Å². The molecule has 0 N–H and O–H groups in total. The van der Waals surface area contributed by atoms with Gasteiger partial charge >= 0.3 is 5.97 Å². The van der Waals surface area contributed by atoms with Gasteiger partial charge in [-0.2, -0.15) is 0 Å². The lowest BCUT2D eigenvalue weighted by Gasteiger charge is -2.12. The van der Waals surface area contributed by atoms with E-state index >= 15 is 0 Å². The Morgan fingerprint density at radius 2 is 1.94 bits per heavy atom. The normalized spacial score (nSPS) is 29.3. The van der Waals surface area contributed by atoms with Crippen LogP contribution in [0.25, 0.3) is 0 Å². The Morgan fingerprint density at radius 1 is 1.22 bits per heavy atom. The Labute approximate surface area is 104 Å². The third-order valence-corrected chi connectivity index (χ3v) is 3.16. The molecule has 0 radical (unpaired) electrons. The molecule has 1 aromatic carbocycles. The van der Waals surface area contributed by atoms with Gasteiger partial charge in [0, 0.05) is 5.56 Å². The van der Waals surface area contributed by atoms with E-state index in [1.165, 1.54) is 0 Å². The summed E-state index contributed by atoms with van der Waals surface area (Å²) >= 11 is 0. The van der Waals surface area contributed by atoms with Crippen LogP contribution in [0.4, 0.5) is 0 Å². The molecule has 5 heteroatoms. The van der Waals surface area contributed by atoms with Crippen LogP contribution in [0, 0.1) is 0 Å². The van der Waals surface area contributed by atoms with Crippen molar-refractivity contribution < 1.29 is 19.0 Å². The predicted molar refractivity (Wildman–Crippen MR) is 63.7 cm³/mol. The number of cyclic esters (lactones) is 1. The van der Waals surface area contributed by atoms with Gasteiger partial charge in [0.05, 0.1) is 7.11 Å². The molecule has 0 amide bonds. The highest BCUT2D eigenvalue weighted by Crippen LogP contribution is 2.29. The molecule has 2 aliphatic rings. The number of fused-ring (bicyclic) bond motifs is 1. The van der Waals surface area contributed by atoms with Gasteiger partial charge in [0.2, 0.25) is 5.90 Å². The van der Waals surface area contributed by atoms with Gasteiger partial charge in [-0.3, -0.25) is 0 Å². The Hall–Kier alpha value is -2.04. The summed E-state index contributed by atoms with van der Waals surface area (Å²) < 4.78 is 15.8. The zero-order valence-corrected chi connectivity index (χ0v) is 10.1. The van der Waals surface area contributed by atoms with Gasteiger partial charge in [0.15, 0.2) is 12.1 Å². The van der Waals surface area contributed by atoms with E-state index in [0.29, 0.717) is 5.90 Å². The molecule has 1 fully saturated rings. The third-order valence-electron chi connectivity index (χ3n) is 3.16. The maximum Gasteiger partial charge on any atom is 0.335 e. The average molecular weight is 247 g/mol. The predicted octanol–water partition coefficient (Wildman–Crippen LogP) is 1.15.